The molecule has 1 aromatic rings. The minimum absolute atomic E-state index is 0.01000. The third-order valence-corrected chi connectivity index (χ3v) is 1.83. The maximum Gasteiger partial charge on any atom is 0.295 e. The second-order valence-electron chi connectivity index (χ2n) is 2.98. The molecule has 5 heteroatoms. The van der Waals surface area contributed by atoms with Gasteiger partial charge in [-0.05, 0) is 25.0 Å². The Kier molecular flexibility index (Phi) is 2.81. The largest absolute Gasteiger partial charge is 0.390 e. The van der Waals surface area contributed by atoms with E-state index in [1.54, 1.807) is 13.8 Å². The van der Waals surface area contributed by atoms with E-state index in [-0.39, 0.29) is 5.69 Å². The summed E-state index contributed by atoms with van der Waals surface area (Å²) in [5, 5.41) is 10.7. The van der Waals surface area contributed by atoms with E-state index in [2.05, 4.69) is 4.99 Å². The van der Waals surface area contributed by atoms with Crippen LogP contribution in [0.15, 0.2) is 17.1 Å². The molecule has 0 radical (unpaired) electrons. The first-order valence-electron chi connectivity index (χ1n) is 4.06. The van der Waals surface area contributed by atoms with E-state index >= 15 is 0 Å². The van der Waals surface area contributed by atoms with Crippen molar-refractivity contribution in [1.82, 2.24) is 0 Å². The van der Waals surface area contributed by atoms with Crippen LogP contribution in [0.25, 0.3) is 0 Å². The van der Waals surface area contributed by atoms with Crippen molar-refractivity contribution in [3.8, 4) is 0 Å². The zero-order valence-electron chi connectivity index (χ0n) is 8.02. The van der Waals surface area contributed by atoms with Crippen LogP contribution in [-0.2, 0) is 0 Å². The maximum atomic E-state index is 10.7. The van der Waals surface area contributed by atoms with Gasteiger partial charge in [-0.1, -0.05) is 6.07 Å². The number of nitrogens with zero attached hydrogens (tertiary/aromatic N) is 2. The van der Waals surface area contributed by atoms with Gasteiger partial charge < -0.3 is 5.73 Å². The van der Waals surface area contributed by atoms with Crippen LogP contribution in [0.4, 0.5) is 11.4 Å². The van der Waals surface area contributed by atoms with E-state index in [1.807, 2.05) is 6.07 Å². The lowest BCUT2D eigenvalue weighted by atomic mass is 10.1. The minimum Gasteiger partial charge on any atom is -0.390 e. The molecule has 0 fully saturated rings. The van der Waals surface area contributed by atoms with Crippen molar-refractivity contribution in [3.05, 3.63) is 33.4 Å². The second kappa shape index (κ2) is 3.87. The third kappa shape index (κ3) is 1.87. The molecule has 0 aliphatic heterocycles. The van der Waals surface area contributed by atoms with Gasteiger partial charge >= 0.3 is 0 Å². The lowest BCUT2D eigenvalue weighted by Crippen LogP contribution is -1.94. The Labute approximate surface area is 81.4 Å². The number of aliphatic imine (C=N–C) groups is 1. The van der Waals surface area contributed by atoms with Gasteiger partial charge in [0.2, 0.25) is 0 Å². The van der Waals surface area contributed by atoms with Crippen molar-refractivity contribution < 1.29 is 4.92 Å². The third-order valence-electron chi connectivity index (χ3n) is 1.83. The van der Waals surface area contributed by atoms with Crippen molar-refractivity contribution in [1.29, 1.82) is 0 Å². The number of hydrogen-bond acceptors (Lipinski definition) is 3. The van der Waals surface area contributed by atoms with Crippen LogP contribution in [0.5, 0.6) is 0 Å². The van der Waals surface area contributed by atoms with Gasteiger partial charge in [0.15, 0.2) is 0 Å². The summed E-state index contributed by atoms with van der Waals surface area (Å²) < 4.78 is 0. The van der Waals surface area contributed by atoms with Gasteiger partial charge in [-0.3, -0.25) is 10.1 Å². The van der Waals surface area contributed by atoms with Gasteiger partial charge in [0, 0.05) is 6.07 Å². The fourth-order valence-electron chi connectivity index (χ4n) is 1.32. The van der Waals surface area contributed by atoms with Crippen molar-refractivity contribution in [3.63, 3.8) is 0 Å². The van der Waals surface area contributed by atoms with Crippen LogP contribution in [0.2, 0.25) is 0 Å². The molecular weight excluding hydrogens is 182 g/mol. The highest BCUT2D eigenvalue weighted by Crippen LogP contribution is 2.31. The maximum absolute atomic E-state index is 10.7. The lowest BCUT2D eigenvalue weighted by Gasteiger charge is -2.02. The summed E-state index contributed by atoms with van der Waals surface area (Å²) in [6.07, 6.45) is 1.06. The second-order valence-corrected chi connectivity index (χ2v) is 2.98. The summed E-state index contributed by atoms with van der Waals surface area (Å²) in [6.45, 7) is 3.57. The molecule has 0 heterocycles. The normalized spacial score (nSPS) is 10.7. The summed E-state index contributed by atoms with van der Waals surface area (Å²) in [6, 6.07) is 3.31. The van der Waals surface area contributed by atoms with Crippen molar-refractivity contribution in [2.45, 2.75) is 13.8 Å². The Morgan fingerprint density at radius 2 is 2.14 bits per heavy atom. The van der Waals surface area contributed by atoms with E-state index < -0.39 is 4.92 Å². The number of aryl methyl sites for hydroxylation is 2. The van der Waals surface area contributed by atoms with Crippen molar-refractivity contribution in [2.75, 3.05) is 0 Å². The van der Waals surface area contributed by atoms with Gasteiger partial charge in [0.05, 0.1) is 11.3 Å². The highest BCUT2D eigenvalue weighted by atomic mass is 16.6. The number of benzene rings is 1. The molecule has 5 nitrogen and oxygen atoms in total. The average molecular weight is 193 g/mol. The van der Waals surface area contributed by atoms with E-state index in [0.29, 0.717) is 5.69 Å². The zero-order chi connectivity index (χ0) is 10.7. The topological polar surface area (TPSA) is 81.5 Å². The van der Waals surface area contributed by atoms with Gasteiger partial charge in [0.25, 0.3) is 5.69 Å². The smallest absolute Gasteiger partial charge is 0.295 e. The first-order valence-corrected chi connectivity index (χ1v) is 4.06. The Morgan fingerprint density at radius 1 is 1.50 bits per heavy atom. The molecule has 0 aliphatic carbocycles. The predicted octanol–water partition coefficient (Wildman–Crippen LogP) is 1.83. The molecule has 14 heavy (non-hydrogen) atoms. The van der Waals surface area contributed by atoms with Crippen molar-refractivity contribution in [2.24, 2.45) is 10.7 Å². The molecule has 0 unspecified atom stereocenters. The van der Waals surface area contributed by atoms with Gasteiger partial charge in [-0.25, -0.2) is 4.99 Å². The molecule has 0 saturated carbocycles. The molecule has 74 valence electrons. The zero-order valence-corrected chi connectivity index (χ0v) is 8.02. The predicted molar refractivity (Wildman–Crippen MR) is 54.9 cm³/mol. The molecule has 0 saturated heterocycles. The summed E-state index contributed by atoms with van der Waals surface area (Å²) in [7, 11) is 0. The summed E-state index contributed by atoms with van der Waals surface area (Å²) in [5.41, 5.74) is 7.02. The molecule has 1 rings (SSSR count). The standard InChI is InChI=1S/C9H11N3O2/c1-6-3-7(2)9(11-5-10)8(4-6)12(13)14/h3-5H,1-2H3,(H2,10,11). The van der Waals surface area contributed by atoms with Gasteiger partial charge in [-0.2, -0.15) is 0 Å². The summed E-state index contributed by atoms with van der Waals surface area (Å²) in [4.78, 5) is 14.0. The monoisotopic (exact) mass is 193 g/mol. The molecule has 0 aliphatic rings. The quantitative estimate of drug-likeness (QED) is 0.336. The fraction of sp³-hybridized carbons (Fsp3) is 0.222. The number of nitro benzene ring substituents is 1. The Balaban J connectivity index is 3.44. The van der Waals surface area contributed by atoms with E-state index in [9.17, 15) is 10.1 Å². The molecule has 0 amide bonds. The van der Waals surface area contributed by atoms with E-state index in [4.69, 9.17) is 5.73 Å². The Bertz CT molecular complexity index is 399. The number of nitrogens with two attached hydrogens (primary N) is 1. The molecule has 2 N–H and O–H groups in total. The van der Waals surface area contributed by atoms with Crippen LogP contribution in [-0.4, -0.2) is 11.3 Å². The molecule has 0 spiro atoms. The molecule has 0 aromatic heterocycles. The highest BCUT2D eigenvalue weighted by molar-refractivity contribution is 5.70. The van der Waals surface area contributed by atoms with Crippen LogP contribution in [0.1, 0.15) is 11.1 Å². The Morgan fingerprint density at radius 3 is 2.64 bits per heavy atom. The van der Waals surface area contributed by atoms with Gasteiger partial charge in [-0.15, -0.1) is 0 Å². The summed E-state index contributed by atoms with van der Waals surface area (Å²) in [5.74, 6) is 0. The van der Waals surface area contributed by atoms with Crippen LogP contribution in [0.3, 0.4) is 0 Å². The number of rotatable bonds is 2. The molecule has 0 atom stereocenters. The van der Waals surface area contributed by atoms with Gasteiger partial charge in [0.1, 0.15) is 5.69 Å². The molecule has 1 aromatic carbocycles. The average Bonchev–Trinajstić information content (AvgIpc) is 2.09. The fourth-order valence-corrected chi connectivity index (χ4v) is 1.32. The number of nitro groups is 1. The first-order chi connectivity index (χ1) is 6.56. The highest BCUT2D eigenvalue weighted by Gasteiger charge is 2.15. The van der Waals surface area contributed by atoms with Crippen LogP contribution >= 0.6 is 0 Å². The van der Waals surface area contributed by atoms with Crippen molar-refractivity contribution >= 4 is 17.7 Å². The first kappa shape index (κ1) is 10.2. The summed E-state index contributed by atoms with van der Waals surface area (Å²) >= 11 is 0. The number of hydrogen-bond donors (Lipinski definition) is 1. The van der Waals surface area contributed by atoms with Crippen LogP contribution in [0, 0.1) is 24.0 Å². The lowest BCUT2D eigenvalue weighted by molar-refractivity contribution is -0.384. The van der Waals surface area contributed by atoms with E-state index in [1.165, 1.54) is 6.07 Å². The molecule has 0 bridgehead atoms. The Hall–Kier alpha value is -1.91. The SMILES string of the molecule is Cc1cc(C)c(N=CN)c([N+](=O)[O-])c1. The van der Waals surface area contributed by atoms with E-state index in [0.717, 1.165) is 17.5 Å². The molecular formula is C9H11N3O2. The minimum atomic E-state index is -0.456. The van der Waals surface area contributed by atoms with Crippen LogP contribution < -0.4 is 5.73 Å².